The van der Waals surface area contributed by atoms with Crippen LogP contribution in [0.3, 0.4) is 0 Å². The molecule has 0 aliphatic rings. The van der Waals surface area contributed by atoms with E-state index in [-0.39, 0.29) is 5.41 Å². The minimum absolute atomic E-state index is 0.355. The molecule has 0 saturated carbocycles. The molecule has 0 atom stereocenters. The Bertz CT molecular complexity index is 574. The molecule has 1 N–H and O–H groups in total. The minimum atomic E-state index is -0.736. The number of carbonyl (C=O) groups excluding carboxylic acids is 1. The van der Waals surface area contributed by atoms with Gasteiger partial charge in [0, 0.05) is 5.41 Å². The van der Waals surface area contributed by atoms with Crippen LogP contribution in [-0.4, -0.2) is 11.2 Å². The van der Waals surface area contributed by atoms with Gasteiger partial charge in [-0.25, -0.2) is 4.79 Å². The third-order valence-electron chi connectivity index (χ3n) is 3.40. The van der Waals surface area contributed by atoms with Crippen molar-refractivity contribution in [2.24, 2.45) is 0 Å². The van der Waals surface area contributed by atoms with Crippen LogP contribution in [0.25, 0.3) is 0 Å². The van der Waals surface area contributed by atoms with Crippen molar-refractivity contribution in [3.63, 3.8) is 0 Å². The summed E-state index contributed by atoms with van der Waals surface area (Å²) < 4.78 is 0. The van der Waals surface area contributed by atoms with Crippen molar-refractivity contribution < 1.29 is 14.9 Å². The number of carbonyl (C=O) groups is 1. The summed E-state index contributed by atoms with van der Waals surface area (Å²) in [5, 5.41) is 8.60. The Balaban J connectivity index is 2.55. The van der Waals surface area contributed by atoms with Crippen LogP contribution in [0.1, 0.15) is 35.3 Å². The van der Waals surface area contributed by atoms with Crippen molar-refractivity contribution in [2.45, 2.75) is 19.3 Å². The molecular formula is C16H16O3. The van der Waals surface area contributed by atoms with Gasteiger partial charge in [0.1, 0.15) is 0 Å². The number of benzene rings is 2. The topological polar surface area (TPSA) is 46.5 Å². The lowest BCUT2D eigenvalue weighted by Gasteiger charge is -2.27. The van der Waals surface area contributed by atoms with Gasteiger partial charge in [0.2, 0.25) is 0 Å². The lowest BCUT2D eigenvalue weighted by atomic mass is 9.76. The van der Waals surface area contributed by atoms with Gasteiger partial charge in [0.05, 0.1) is 5.56 Å². The van der Waals surface area contributed by atoms with E-state index in [0.29, 0.717) is 5.56 Å². The molecule has 0 aliphatic heterocycles. The van der Waals surface area contributed by atoms with Crippen LogP contribution >= 0.6 is 0 Å². The smallest absolute Gasteiger partial charge is 0.295 e. The second-order valence-electron chi connectivity index (χ2n) is 4.92. The predicted molar refractivity (Wildman–Crippen MR) is 73.1 cm³/mol. The average Bonchev–Trinajstić information content (AvgIpc) is 2.47. The van der Waals surface area contributed by atoms with Crippen LogP contribution in [0.4, 0.5) is 0 Å². The second-order valence-corrected chi connectivity index (χ2v) is 4.92. The van der Waals surface area contributed by atoms with Gasteiger partial charge in [-0.1, -0.05) is 62.4 Å². The summed E-state index contributed by atoms with van der Waals surface area (Å²) in [7, 11) is 0. The lowest BCUT2D eigenvalue weighted by Crippen LogP contribution is -2.22. The maximum atomic E-state index is 11.6. The summed E-state index contributed by atoms with van der Waals surface area (Å²) >= 11 is 0. The van der Waals surface area contributed by atoms with E-state index in [1.165, 1.54) is 0 Å². The third kappa shape index (κ3) is 2.51. The standard InChI is InChI=1S/C16H16O3/c1-16(2,12-8-4-3-5-9-12)14-11-7-6-10-13(14)15(17)19-18/h3-11,18H,1-2H3. The van der Waals surface area contributed by atoms with Gasteiger partial charge >= 0.3 is 5.97 Å². The maximum absolute atomic E-state index is 11.6. The van der Waals surface area contributed by atoms with Gasteiger partial charge in [0.15, 0.2) is 0 Å². The molecule has 0 aromatic heterocycles. The zero-order valence-electron chi connectivity index (χ0n) is 11.0. The molecule has 0 radical (unpaired) electrons. The van der Waals surface area contributed by atoms with E-state index in [9.17, 15) is 4.79 Å². The summed E-state index contributed by atoms with van der Waals surface area (Å²) in [5.74, 6) is -0.736. The van der Waals surface area contributed by atoms with Crippen molar-refractivity contribution in [1.82, 2.24) is 0 Å². The summed E-state index contributed by atoms with van der Waals surface area (Å²) in [6.45, 7) is 4.07. The first kappa shape index (κ1) is 13.3. The van der Waals surface area contributed by atoms with Crippen LogP contribution in [0.2, 0.25) is 0 Å². The van der Waals surface area contributed by atoms with Crippen LogP contribution in [0.5, 0.6) is 0 Å². The van der Waals surface area contributed by atoms with Gasteiger partial charge in [0.25, 0.3) is 0 Å². The van der Waals surface area contributed by atoms with Crippen molar-refractivity contribution in [3.8, 4) is 0 Å². The molecule has 98 valence electrons. The highest BCUT2D eigenvalue weighted by atomic mass is 17.1. The molecule has 0 aliphatic carbocycles. The first-order valence-electron chi connectivity index (χ1n) is 6.08. The Kier molecular flexibility index (Phi) is 3.67. The SMILES string of the molecule is CC(C)(c1ccccc1)c1ccccc1C(=O)OO. The Hall–Kier alpha value is -2.13. The van der Waals surface area contributed by atoms with E-state index in [0.717, 1.165) is 11.1 Å². The molecule has 0 bridgehead atoms. The average molecular weight is 256 g/mol. The first-order chi connectivity index (χ1) is 9.07. The highest BCUT2D eigenvalue weighted by Gasteiger charge is 2.28. The molecule has 0 spiro atoms. The van der Waals surface area contributed by atoms with Crippen molar-refractivity contribution in [1.29, 1.82) is 0 Å². The Morgan fingerprint density at radius 1 is 1.00 bits per heavy atom. The summed E-state index contributed by atoms with van der Waals surface area (Å²) in [6, 6.07) is 17.0. The van der Waals surface area contributed by atoms with E-state index in [4.69, 9.17) is 5.26 Å². The van der Waals surface area contributed by atoms with Gasteiger partial charge in [-0.15, -0.1) is 0 Å². The molecular weight excluding hydrogens is 240 g/mol. The third-order valence-corrected chi connectivity index (χ3v) is 3.40. The van der Waals surface area contributed by atoms with E-state index in [2.05, 4.69) is 4.89 Å². The zero-order chi connectivity index (χ0) is 13.9. The Morgan fingerprint density at radius 3 is 2.21 bits per heavy atom. The number of hydrogen-bond acceptors (Lipinski definition) is 3. The quantitative estimate of drug-likeness (QED) is 0.673. The van der Waals surface area contributed by atoms with Crippen molar-refractivity contribution in [3.05, 3.63) is 71.3 Å². The fourth-order valence-electron chi connectivity index (χ4n) is 2.27. The molecule has 0 heterocycles. The fourth-order valence-corrected chi connectivity index (χ4v) is 2.27. The lowest BCUT2D eigenvalue weighted by molar-refractivity contribution is -0.182. The molecule has 0 fully saturated rings. The molecule has 2 rings (SSSR count). The maximum Gasteiger partial charge on any atom is 0.373 e. The normalized spacial score (nSPS) is 11.1. The predicted octanol–water partition coefficient (Wildman–Crippen LogP) is 3.64. The van der Waals surface area contributed by atoms with E-state index in [1.54, 1.807) is 12.1 Å². The molecule has 3 heteroatoms. The minimum Gasteiger partial charge on any atom is -0.295 e. The molecule has 2 aromatic carbocycles. The molecule has 0 saturated heterocycles. The highest BCUT2D eigenvalue weighted by molar-refractivity contribution is 5.91. The monoisotopic (exact) mass is 256 g/mol. The molecule has 0 unspecified atom stereocenters. The summed E-state index contributed by atoms with van der Waals surface area (Å²) in [5.41, 5.74) is 1.93. The fraction of sp³-hybridized carbons (Fsp3) is 0.188. The van der Waals surface area contributed by atoms with Gasteiger partial charge in [-0.3, -0.25) is 4.89 Å². The van der Waals surface area contributed by atoms with Gasteiger partial charge in [-0.05, 0) is 17.2 Å². The Labute approximate surface area is 112 Å². The van der Waals surface area contributed by atoms with Crippen LogP contribution in [0.15, 0.2) is 54.6 Å². The van der Waals surface area contributed by atoms with Gasteiger partial charge < -0.3 is 0 Å². The summed E-state index contributed by atoms with van der Waals surface area (Å²) in [4.78, 5) is 15.5. The van der Waals surface area contributed by atoms with E-state index in [1.807, 2.05) is 56.3 Å². The Morgan fingerprint density at radius 2 is 1.58 bits per heavy atom. The van der Waals surface area contributed by atoms with Crippen LogP contribution in [-0.2, 0) is 10.3 Å². The first-order valence-corrected chi connectivity index (χ1v) is 6.08. The van der Waals surface area contributed by atoms with E-state index < -0.39 is 5.97 Å². The zero-order valence-corrected chi connectivity index (χ0v) is 11.0. The largest absolute Gasteiger partial charge is 0.373 e. The number of hydrogen-bond donors (Lipinski definition) is 1. The van der Waals surface area contributed by atoms with Gasteiger partial charge in [-0.2, -0.15) is 5.26 Å². The van der Waals surface area contributed by atoms with E-state index >= 15 is 0 Å². The van der Waals surface area contributed by atoms with Crippen LogP contribution < -0.4 is 0 Å². The molecule has 19 heavy (non-hydrogen) atoms. The van der Waals surface area contributed by atoms with Crippen molar-refractivity contribution >= 4 is 5.97 Å². The molecule has 3 nitrogen and oxygen atoms in total. The second kappa shape index (κ2) is 5.24. The highest BCUT2D eigenvalue weighted by Crippen LogP contribution is 2.33. The van der Waals surface area contributed by atoms with Crippen molar-refractivity contribution in [2.75, 3.05) is 0 Å². The molecule has 0 amide bonds. The molecule has 2 aromatic rings. The van der Waals surface area contributed by atoms with Crippen LogP contribution in [0, 0.1) is 0 Å². The number of rotatable bonds is 3. The summed E-state index contributed by atoms with van der Waals surface area (Å²) in [6.07, 6.45) is 0.